The summed E-state index contributed by atoms with van der Waals surface area (Å²) in [5, 5.41) is 0. The molecule has 1 aliphatic carbocycles. The lowest BCUT2D eigenvalue weighted by molar-refractivity contribution is 0.178. The molecule has 0 spiro atoms. The summed E-state index contributed by atoms with van der Waals surface area (Å²) in [6.45, 7) is 6.76. The van der Waals surface area contributed by atoms with E-state index in [-0.39, 0.29) is 0 Å². The average Bonchev–Trinajstić information content (AvgIpc) is 2.37. The maximum absolute atomic E-state index is 5.95. The van der Waals surface area contributed by atoms with Gasteiger partial charge in [0.15, 0.2) is 0 Å². The average molecular weight is 155 g/mol. The highest BCUT2D eigenvalue weighted by Gasteiger charge is 2.34. The predicted molar refractivity (Wildman–Crippen MR) is 49.4 cm³/mol. The summed E-state index contributed by atoms with van der Waals surface area (Å²) in [6.07, 6.45) is 5.63. The molecule has 66 valence electrons. The van der Waals surface area contributed by atoms with Gasteiger partial charge < -0.3 is 5.73 Å². The van der Waals surface area contributed by atoms with Crippen LogP contribution in [0.25, 0.3) is 0 Å². The van der Waals surface area contributed by atoms with E-state index in [4.69, 9.17) is 5.73 Å². The maximum Gasteiger partial charge on any atom is 0.00643 e. The quantitative estimate of drug-likeness (QED) is 0.651. The molecule has 1 heteroatoms. The van der Waals surface area contributed by atoms with Crippen molar-refractivity contribution in [3.05, 3.63) is 0 Å². The van der Waals surface area contributed by atoms with Crippen LogP contribution >= 0.6 is 0 Å². The van der Waals surface area contributed by atoms with Gasteiger partial charge in [-0.25, -0.2) is 0 Å². The second kappa shape index (κ2) is 3.14. The second-order valence-corrected chi connectivity index (χ2v) is 4.59. The van der Waals surface area contributed by atoms with E-state index in [1.807, 2.05) is 0 Å². The Morgan fingerprint density at radius 3 is 2.09 bits per heavy atom. The summed E-state index contributed by atoms with van der Waals surface area (Å²) in [5.41, 5.74) is 6.31. The van der Waals surface area contributed by atoms with Gasteiger partial charge >= 0.3 is 0 Å². The normalized spacial score (nSPS) is 24.0. The summed E-state index contributed by atoms with van der Waals surface area (Å²) in [5.74, 6) is 0.877. The Morgan fingerprint density at radius 1 is 1.27 bits per heavy atom. The molecule has 1 saturated carbocycles. The summed E-state index contributed by atoms with van der Waals surface area (Å²) in [4.78, 5) is 0. The topological polar surface area (TPSA) is 26.0 Å². The van der Waals surface area contributed by atoms with Gasteiger partial charge in [-0.05, 0) is 31.1 Å². The van der Waals surface area contributed by atoms with Crippen LogP contribution in [0.2, 0.25) is 0 Å². The first-order valence-electron chi connectivity index (χ1n) is 4.80. The lowest BCUT2D eigenvalue weighted by atomic mass is 9.73. The molecule has 0 heterocycles. The summed E-state index contributed by atoms with van der Waals surface area (Å²) in [7, 11) is 0. The molecule has 1 atom stereocenters. The fraction of sp³-hybridized carbons (Fsp3) is 1.00. The van der Waals surface area contributed by atoms with E-state index >= 15 is 0 Å². The molecule has 1 nitrogen and oxygen atoms in total. The second-order valence-electron chi connectivity index (χ2n) is 4.59. The molecule has 0 aromatic heterocycles. The molecule has 1 aliphatic rings. The highest BCUT2D eigenvalue weighted by atomic mass is 14.7. The minimum Gasteiger partial charge on any atom is -0.327 e. The van der Waals surface area contributed by atoms with Crippen molar-refractivity contribution in [3.63, 3.8) is 0 Å². The number of nitrogens with two attached hydrogens (primary N) is 1. The van der Waals surface area contributed by atoms with Crippen molar-refractivity contribution in [2.75, 3.05) is 0 Å². The summed E-state index contributed by atoms with van der Waals surface area (Å²) < 4.78 is 0. The Balaban J connectivity index is 2.55. The van der Waals surface area contributed by atoms with Gasteiger partial charge in [0.2, 0.25) is 0 Å². The molecule has 0 aliphatic heterocycles. The van der Waals surface area contributed by atoms with Crippen LogP contribution in [0.4, 0.5) is 0 Å². The molecule has 0 aromatic rings. The Bertz CT molecular complexity index is 121. The lowest BCUT2D eigenvalue weighted by Gasteiger charge is -2.35. The predicted octanol–water partition coefficient (Wildman–Crippen LogP) is 2.55. The standard InChI is InChI=1S/C10H21N/c1-8(11)10(2,3)9-6-4-5-7-9/h8-9H,4-7,11H2,1-3H3. The molecule has 11 heavy (non-hydrogen) atoms. The van der Waals surface area contributed by atoms with Gasteiger partial charge in [0.05, 0.1) is 0 Å². The van der Waals surface area contributed by atoms with E-state index in [1.54, 1.807) is 0 Å². The zero-order valence-corrected chi connectivity index (χ0v) is 8.06. The van der Waals surface area contributed by atoms with Crippen molar-refractivity contribution in [2.45, 2.75) is 52.5 Å². The first-order valence-corrected chi connectivity index (χ1v) is 4.80. The van der Waals surface area contributed by atoms with E-state index in [9.17, 15) is 0 Å². The zero-order chi connectivity index (χ0) is 8.48. The fourth-order valence-electron chi connectivity index (χ4n) is 2.04. The Morgan fingerprint density at radius 2 is 1.73 bits per heavy atom. The van der Waals surface area contributed by atoms with Gasteiger partial charge in [0.25, 0.3) is 0 Å². The van der Waals surface area contributed by atoms with E-state index in [0.29, 0.717) is 11.5 Å². The van der Waals surface area contributed by atoms with Gasteiger partial charge in [-0.3, -0.25) is 0 Å². The minimum absolute atomic E-state index is 0.339. The lowest BCUT2D eigenvalue weighted by Crippen LogP contribution is -2.39. The van der Waals surface area contributed by atoms with Crippen molar-refractivity contribution in [1.29, 1.82) is 0 Å². The van der Waals surface area contributed by atoms with Crippen molar-refractivity contribution < 1.29 is 0 Å². The van der Waals surface area contributed by atoms with Crippen LogP contribution in [0.3, 0.4) is 0 Å². The van der Waals surface area contributed by atoms with Crippen LogP contribution in [0, 0.1) is 11.3 Å². The molecular weight excluding hydrogens is 134 g/mol. The number of hydrogen-bond acceptors (Lipinski definition) is 1. The Kier molecular flexibility index (Phi) is 2.58. The molecule has 0 amide bonds. The number of rotatable bonds is 2. The summed E-state index contributed by atoms with van der Waals surface area (Å²) in [6, 6.07) is 0.339. The Labute approximate surface area is 70.4 Å². The van der Waals surface area contributed by atoms with E-state index in [1.165, 1.54) is 25.7 Å². The molecular formula is C10H21N. The molecule has 2 N–H and O–H groups in total. The van der Waals surface area contributed by atoms with Crippen molar-refractivity contribution >= 4 is 0 Å². The molecule has 0 bridgehead atoms. The van der Waals surface area contributed by atoms with Crippen LogP contribution in [-0.4, -0.2) is 6.04 Å². The van der Waals surface area contributed by atoms with Crippen molar-refractivity contribution in [2.24, 2.45) is 17.1 Å². The summed E-state index contributed by atoms with van der Waals surface area (Å²) >= 11 is 0. The third-order valence-corrected chi connectivity index (χ3v) is 3.58. The number of hydrogen-bond donors (Lipinski definition) is 1. The van der Waals surface area contributed by atoms with Gasteiger partial charge in [0.1, 0.15) is 0 Å². The molecule has 1 unspecified atom stereocenters. The van der Waals surface area contributed by atoms with Gasteiger partial charge in [-0.15, -0.1) is 0 Å². The van der Waals surface area contributed by atoms with Crippen LogP contribution < -0.4 is 5.73 Å². The zero-order valence-electron chi connectivity index (χ0n) is 8.06. The van der Waals surface area contributed by atoms with Gasteiger partial charge in [0, 0.05) is 6.04 Å². The van der Waals surface area contributed by atoms with Crippen LogP contribution in [0.15, 0.2) is 0 Å². The van der Waals surface area contributed by atoms with Crippen LogP contribution in [-0.2, 0) is 0 Å². The van der Waals surface area contributed by atoms with Gasteiger partial charge in [-0.1, -0.05) is 26.7 Å². The smallest absolute Gasteiger partial charge is 0.00643 e. The monoisotopic (exact) mass is 155 g/mol. The van der Waals surface area contributed by atoms with Crippen LogP contribution in [0.1, 0.15) is 46.5 Å². The third kappa shape index (κ3) is 1.76. The maximum atomic E-state index is 5.95. The SMILES string of the molecule is CC(N)C(C)(C)C1CCCC1. The first kappa shape index (κ1) is 9.05. The molecule has 0 saturated heterocycles. The first-order chi connectivity index (χ1) is 5.05. The molecule has 0 aromatic carbocycles. The van der Waals surface area contributed by atoms with Gasteiger partial charge in [-0.2, -0.15) is 0 Å². The van der Waals surface area contributed by atoms with Crippen molar-refractivity contribution in [1.82, 2.24) is 0 Å². The van der Waals surface area contributed by atoms with E-state index < -0.39 is 0 Å². The van der Waals surface area contributed by atoms with E-state index in [0.717, 1.165) is 5.92 Å². The Hall–Kier alpha value is -0.0400. The molecule has 1 fully saturated rings. The highest BCUT2D eigenvalue weighted by Crippen LogP contribution is 2.40. The highest BCUT2D eigenvalue weighted by molar-refractivity contribution is 4.87. The largest absolute Gasteiger partial charge is 0.327 e. The molecule has 1 rings (SSSR count). The van der Waals surface area contributed by atoms with Crippen molar-refractivity contribution in [3.8, 4) is 0 Å². The third-order valence-electron chi connectivity index (χ3n) is 3.58. The fourth-order valence-corrected chi connectivity index (χ4v) is 2.04. The minimum atomic E-state index is 0.339. The molecule has 0 radical (unpaired) electrons. The van der Waals surface area contributed by atoms with E-state index in [2.05, 4.69) is 20.8 Å². The van der Waals surface area contributed by atoms with Crippen LogP contribution in [0.5, 0.6) is 0 Å².